The smallest absolute Gasteiger partial charge is 0.305 e. The number of carbonyl (C=O) groups is 1. The molecular weight excluding hydrogens is 298 g/mol. The van der Waals surface area contributed by atoms with Crippen LogP contribution in [-0.2, 0) is 26.1 Å². The molecule has 1 rings (SSSR count). The number of hydrogen-bond donors (Lipinski definition) is 1. The van der Waals surface area contributed by atoms with E-state index in [4.69, 9.17) is 9.84 Å². The van der Waals surface area contributed by atoms with E-state index in [0.29, 0.717) is 6.61 Å². The standard InChI is InChI=1S/C12H21N3O5S/c1-10(2)20-7-6-14(3)21(18,19)11-8-13-15(9-11)5-4-12(16)17/h8-10H,4-7H2,1-3H3,(H,16,17). The molecule has 1 heterocycles. The molecule has 9 heteroatoms. The fraction of sp³-hybridized carbons (Fsp3) is 0.667. The molecule has 1 N–H and O–H groups in total. The first-order valence-electron chi connectivity index (χ1n) is 6.55. The lowest BCUT2D eigenvalue weighted by Gasteiger charge is -2.16. The molecule has 0 aliphatic carbocycles. The Morgan fingerprint density at radius 2 is 2.19 bits per heavy atom. The normalized spacial score (nSPS) is 12.2. The molecule has 0 aliphatic rings. The lowest BCUT2D eigenvalue weighted by Crippen LogP contribution is -2.30. The monoisotopic (exact) mass is 319 g/mol. The Bertz CT molecular complexity index is 567. The van der Waals surface area contributed by atoms with Gasteiger partial charge < -0.3 is 9.84 Å². The van der Waals surface area contributed by atoms with Crippen LogP contribution in [0.25, 0.3) is 0 Å². The van der Waals surface area contributed by atoms with E-state index in [-0.39, 0.29) is 30.5 Å². The molecule has 0 aromatic carbocycles. The summed E-state index contributed by atoms with van der Waals surface area (Å²) in [6, 6.07) is 0. The third-order valence-corrected chi connectivity index (χ3v) is 4.54. The van der Waals surface area contributed by atoms with Crippen LogP contribution in [0.3, 0.4) is 0 Å². The zero-order chi connectivity index (χ0) is 16.0. The molecule has 0 saturated heterocycles. The largest absolute Gasteiger partial charge is 0.481 e. The van der Waals surface area contributed by atoms with Crippen molar-refractivity contribution in [2.24, 2.45) is 0 Å². The van der Waals surface area contributed by atoms with Crippen molar-refractivity contribution in [3.63, 3.8) is 0 Å². The summed E-state index contributed by atoms with van der Waals surface area (Å²) < 4.78 is 32.3. The second-order valence-electron chi connectivity index (χ2n) is 4.83. The van der Waals surface area contributed by atoms with Crippen LogP contribution >= 0.6 is 0 Å². The lowest BCUT2D eigenvalue weighted by molar-refractivity contribution is -0.137. The van der Waals surface area contributed by atoms with Crippen molar-refractivity contribution in [3.05, 3.63) is 12.4 Å². The van der Waals surface area contributed by atoms with Gasteiger partial charge in [0.2, 0.25) is 10.0 Å². The third-order valence-electron chi connectivity index (χ3n) is 2.73. The van der Waals surface area contributed by atoms with Gasteiger partial charge in [-0.2, -0.15) is 9.40 Å². The summed E-state index contributed by atoms with van der Waals surface area (Å²) in [5.74, 6) is -0.960. The molecule has 1 aromatic heterocycles. The van der Waals surface area contributed by atoms with Crippen molar-refractivity contribution in [1.82, 2.24) is 14.1 Å². The van der Waals surface area contributed by atoms with E-state index in [1.54, 1.807) is 0 Å². The Kier molecular flexibility index (Phi) is 6.31. The van der Waals surface area contributed by atoms with Crippen LogP contribution in [0.2, 0.25) is 0 Å². The van der Waals surface area contributed by atoms with Crippen molar-refractivity contribution in [3.8, 4) is 0 Å². The van der Waals surface area contributed by atoms with Crippen molar-refractivity contribution >= 4 is 16.0 Å². The van der Waals surface area contributed by atoms with Crippen molar-refractivity contribution in [2.45, 2.75) is 37.8 Å². The van der Waals surface area contributed by atoms with Crippen LogP contribution in [0.1, 0.15) is 20.3 Å². The van der Waals surface area contributed by atoms with E-state index < -0.39 is 16.0 Å². The molecule has 8 nitrogen and oxygen atoms in total. The van der Waals surface area contributed by atoms with Crippen LogP contribution < -0.4 is 0 Å². The van der Waals surface area contributed by atoms with Gasteiger partial charge in [0.25, 0.3) is 0 Å². The summed E-state index contributed by atoms with van der Waals surface area (Å²) in [6.07, 6.45) is 2.48. The van der Waals surface area contributed by atoms with E-state index in [9.17, 15) is 13.2 Å². The number of aromatic nitrogens is 2. The summed E-state index contributed by atoms with van der Waals surface area (Å²) in [4.78, 5) is 10.5. The molecule has 0 saturated carbocycles. The Balaban J connectivity index is 2.67. The average molecular weight is 319 g/mol. The number of aryl methyl sites for hydroxylation is 1. The van der Waals surface area contributed by atoms with E-state index in [0.717, 1.165) is 0 Å². The van der Waals surface area contributed by atoms with Gasteiger partial charge in [-0.05, 0) is 13.8 Å². The maximum absolute atomic E-state index is 12.3. The van der Waals surface area contributed by atoms with E-state index in [2.05, 4.69) is 5.10 Å². The van der Waals surface area contributed by atoms with Crippen LogP contribution in [0.5, 0.6) is 0 Å². The number of sulfonamides is 1. The fourth-order valence-corrected chi connectivity index (χ4v) is 2.64. The maximum atomic E-state index is 12.3. The maximum Gasteiger partial charge on any atom is 0.305 e. The summed E-state index contributed by atoms with van der Waals surface area (Å²) in [5, 5.41) is 12.5. The van der Waals surface area contributed by atoms with E-state index in [1.165, 1.54) is 28.4 Å². The molecular formula is C12H21N3O5S. The predicted molar refractivity (Wildman–Crippen MR) is 75.4 cm³/mol. The van der Waals surface area contributed by atoms with Gasteiger partial charge in [0.15, 0.2) is 0 Å². The van der Waals surface area contributed by atoms with Gasteiger partial charge in [-0.3, -0.25) is 9.48 Å². The van der Waals surface area contributed by atoms with Crippen LogP contribution in [0.15, 0.2) is 17.3 Å². The van der Waals surface area contributed by atoms with Crippen LogP contribution in [0, 0.1) is 0 Å². The molecule has 120 valence electrons. The molecule has 1 aromatic rings. The number of ether oxygens (including phenoxy) is 1. The highest BCUT2D eigenvalue weighted by molar-refractivity contribution is 7.89. The molecule has 0 aliphatic heterocycles. The molecule has 0 radical (unpaired) electrons. The van der Waals surface area contributed by atoms with Crippen molar-refractivity contribution in [1.29, 1.82) is 0 Å². The Morgan fingerprint density at radius 1 is 1.52 bits per heavy atom. The van der Waals surface area contributed by atoms with Gasteiger partial charge >= 0.3 is 5.97 Å². The molecule has 0 fully saturated rings. The Hall–Kier alpha value is -1.45. The first-order valence-corrected chi connectivity index (χ1v) is 7.99. The quantitative estimate of drug-likeness (QED) is 0.707. The van der Waals surface area contributed by atoms with Crippen molar-refractivity contribution < 1.29 is 23.1 Å². The number of aliphatic carboxylic acids is 1. The lowest BCUT2D eigenvalue weighted by atomic mass is 10.4. The number of carboxylic acids is 1. The molecule has 0 unspecified atom stereocenters. The van der Waals surface area contributed by atoms with Crippen LogP contribution in [-0.4, -0.2) is 59.9 Å². The number of hydrogen-bond acceptors (Lipinski definition) is 5. The number of carboxylic acid groups (broad SMARTS) is 1. The average Bonchev–Trinajstić information content (AvgIpc) is 2.85. The Labute approximate surface area is 124 Å². The molecule has 21 heavy (non-hydrogen) atoms. The summed E-state index contributed by atoms with van der Waals surface area (Å²) in [7, 11) is -2.17. The molecule has 0 atom stereocenters. The van der Waals surface area contributed by atoms with Gasteiger partial charge in [-0.25, -0.2) is 8.42 Å². The fourth-order valence-electron chi connectivity index (χ4n) is 1.53. The minimum atomic E-state index is -3.63. The summed E-state index contributed by atoms with van der Waals surface area (Å²) in [6.45, 7) is 4.42. The predicted octanol–water partition coefficient (Wildman–Crippen LogP) is 0.403. The SMILES string of the molecule is CC(C)OCCN(C)S(=O)(=O)c1cnn(CCC(=O)O)c1. The molecule has 0 amide bonds. The highest BCUT2D eigenvalue weighted by Crippen LogP contribution is 2.13. The van der Waals surface area contributed by atoms with Gasteiger partial charge in [-0.15, -0.1) is 0 Å². The zero-order valence-electron chi connectivity index (χ0n) is 12.4. The molecule has 0 bridgehead atoms. The van der Waals surface area contributed by atoms with Crippen LogP contribution in [0.4, 0.5) is 0 Å². The first kappa shape index (κ1) is 17.6. The number of nitrogens with zero attached hydrogens (tertiary/aromatic N) is 3. The number of likely N-dealkylation sites (N-methyl/N-ethyl adjacent to an activating group) is 1. The first-order chi connectivity index (χ1) is 9.73. The van der Waals surface area contributed by atoms with E-state index >= 15 is 0 Å². The van der Waals surface area contributed by atoms with Gasteiger partial charge in [0.05, 0.1) is 31.9 Å². The highest BCUT2D eigenvalue weighted by Gasteiger charge is 2.22. The minimum Gasteiger partial charge on any atom is -0.481 e. The molecule has 0 spiro atoms. The van der Waals surface area contributed by atoms with E-state index in [1.807, 2.05) is 13.8 Å². The minimum absolute atomic E-state index is 0.0415. The van der Waals surface area contributed by atoms with Gasteiger partial charge in [0, 0.05) is 19.8 Å². The Morgan fingerprint density at radius 3 is 2.76 bits per heavy atom. The number of rotatable bonds is 9. The second-order valence-corrected chi connectivity index (χ2v) is 6.87. The summed E-state index contributed by atoms with van der Waals surface area (Å²) in [5.41, 5.74) is 0. The van der Waals surface area contributed by atoms with Crippen molar-refractivity contribution in [2.75, 3.05) is 20.2 Å². The third kappa shape index (κ3) is 5.44. The summed E-state index contributed by atoms with van der Waals surface area (Å²) >= 11 is 0. The van der Waals surface area contributed by atoms with Gasteiger partial charge in [0.1, 0.15) is 4.90 Å². The highest BCUT2D eigenvalue weighted by atomic mass is 32.2. The topological polar surface area (TPSA) is 102 Å². The second kappa shape index (κ2) is 7.53. The van der Waals surface area contributed by atoms with Gasteiger partial charge in [-0.1, -0.05) is 0 Å². The zero-order valence-corrected chi connectivity index (χ0v) is 13.2.